The lowest BCUT2D eigenvalue weighted by Crippen LogP contribution is -2.59. The molecule has 2 unspecified atom stereocenters. The summed E-state index contributed by atoms with van der Waals surface area (Å²) in [4.78, 5) is 0. The van der Waals surface area contributed by atoms with E-state index in [0.717, 1.165) is 24.8 Å². The lowest BCUT2D eigenvalue weighted by Gasteiger charge is -2.63. The second-order valence-electron chi connectivity index (χ2n) is 9.36. The van der Waals surface area contributed by atoms with Crippen LogP contribution in [0.1, 0.15) is 65.7 Å². The van der Waals surface area contributed by atoms with Gasteiger partial charge in [0, 0.05) is 5.41 Å². The minimum absolute atomic E-state index is 0.0247. The number of fused-ring (bicyclic) bond motifs is 3. The molecule has 2 saturated carbocycles. The van der Waals surface area contributed by atoms with Gasteiger partial charge in [-0.15, -0.1) is 0 Å². The first kappa shape index (κ1) is 17.4. The molecule has 0 spiro atoms. The summed E-state index contributed by atoms with van der Waals surface area (Å²) in [7, 11) is 0. The van der Waals surface area contributed by atoms with Crippen LogP contribution in [-0.4, -0.2) is 34.6 Å². The van der Waals surface area contributed by atoms with Gasteiger partial charge in [0.25, 0.3) is 0 Å². The first-order valence-electron chi connectivity index (χ1n) is 9.38. The Bertz CT molecular complexity index is 483. The highest BCUT2D eigenvalue weighted by atomic mass is 16.3. The largest absolute Gasteiger partial charge is 0.396 e. The Morgan fingerprint density at radius 1 is 1.09 bits per heavy atom. The molecule has 3 rings (SSSR count). The summed E-state index contributed by atoms with van der Waals surface area (Å²) in [6.07, 6.45) is 8.74. The summed E-state index contributed by atoms with van der Waals surface area (Å²) in [6, 6.07) is 0. The maximum Gasteiger partial charge on any atom is 0.0659 e. The average molecular weight is 322 g/mol. The quantitative estimate of drug-likeness (QED) is 0.684. The molecule has 3 N–H and O–H groups in total. The Morgan fingerprint density at radius 2 is 1.83 bits per heavy atom. The topological polar surface area (TPSA) is 60.7 Å². The van der Waals surface area contributed by atoms with Gasteiger partial charge in [0.2, 0.25) is 0 Å². The van der Waals surface area contributed by atoms with E-state index >= 15 is 0 Å². The van der Waals surface area contributed by atoms with Gasteiger partial charge >= 0.3 is 0 Å². The minimum Gasteiger partial charge on any atom is -0.396 e. The van der Waals surface area contributed by atoms with Gasteiger partial charge in [-0.3, -0.25) is 0 Å². The molecule has 5 atom stereocenters. The van der Waals surface area contributed by atoms with Crippen molar-refractivity contribution >= 4 is 0 Å². The standard InChI is InChI=1S/C20H34O3/c1-18(2)8-4-9-19(3)15(18)7-10-20(13-22)16(19)6-5-14(12-21)11-17(20)23/h5,15-17,21-23H,4,6-13H2,1-3H3/t15?,16?,17-,19+,20+/m1/s1. The molecule has 3 heteroatoms. The Kier molecular flexibility index (Phi) is 4.44. The molecular formula is C20H34O3. The SMILES string of the molecule is CC1(C)CCC[C@@]2(C)C1CC[C@]1(CO)C2CC=C(CO)C[C@H]1O. The summed E-state index contributed by atoms with van der Waals surface area (Å²) >= 11 is 0. The molecule has 0 bridgehead atoms. The smallest absolute Gasteiger partial charge is 0.0659 e. The summed E-state index contributed by atoms with van der Waals surface area (Å²) in [6.45, 7) is 7.31. The van der Waals surface area contributed by atoms with E-state index in [1.165, 1.54) is 19.3 Å². The highest BCUT2D eigenvalue weighted by Gasteiger charge is 2.61. The van der Waals surface area contributed by atoms with Crippen LogP contribution in [0, 0.1) is 28.1 Å². The molecule has 0 aromatic heterocycles. The molecule has 3 aliphatic carbocycles. The van der Waals surface area contributed by atoms with E-state index < -0.39 is 11.5 Å². The fraction of sp³-hybridized carbons (Fsp3) is 0.900. The van der Waals surface area contributed by atoms with Gasteiger partial charge in [-0.1, -0.05) is 33.3 Å². The van der Waals surface area contributed by atoms with Crippen molar-refractivity contribution in [2.75, 3.05) is 13.2 Å². The van der Waals surface area contributed by atoms with Gasteiger partial charge in [0.15, 0.2) is 0 Å². The monoisotopic (exact) mass is 322 g/mol. The third-order valence-electron chi connectivity index (χ3n) is 7.92. The zero-order chi connectivity index (χ0) is 16.9. The zero-order valence-corrected chi connectivity index (χ0v) is 15.0. The second kappa shape index (κ2) is 5.86. The average Bonchev–Trinajstić information content (AvgIpc) is 2.64. The summed E-state index contributed by atoms with van der Waals surface area (Å²) in [5.41, 5.74) is 1.06. The van der Waals surface area contributed by atoms with Crippen LogP contribution in [0.15, 0.2) is 11.6 Å². The van der Waals surface area contributed by atoms with Gasteiger partial charge in [0.1, 0.15) is 0 Å². The van der Waals surface area contributed by atoms with E-state index in [0.29, 0.717) is 23.7 Å². The van der Waals surface area contributed by atoms with E-state index in [1.54, 1.807) is 0 Å². The maximum absolute atomic E-state index is 11.0. The van der Waals surface area contributed by atoms with Crippen molar-refractivity contribution in [1.82, 2.24) is 0 Å². The Hall–Kier alpha value is -0.380. The Labute approximate surface area is 140 Å². The summed E-state index contributed by atoms with van der Waals surface area (Å²) in [5.74, 6) is 0.960. The molecule has 132 valence electrons. The molecule has 0 aromatic carbocycles. The highest BCUT2D eigenvalue weighted by molar-refractivity contribution is 5.18. The molecule has 0 amide bonds. The molecule has 0 heterocycles. The molecule has 0 radical (unpaired) electrons. The normalized spacial score (nSPS) is 46.3. The maximum atomic E-state index is 11.0. The number of rotatable bonds is 2. The first-order valence-corrected chi connectivity index (χ1v) is 9.38. The predicted octanol–water partition coefficient (Wildman–Crippen LogP) is 3.28. The number of allylic oxidation sites excluding steroid dienone is 1. The lowest BCUT2D eigenvalue weighted by atomic mass is 9.42. The van der Waals surface area contributed by atoms with Gasteiger partial charge in [-0.25, -0.2) is 0 Å². The van der Waals surface area contributed by atoms with Crippen molar-refractivity contribution in [3.8, 4) is 0 Å². The van der Waals surface area contributed by atoms with Crippen LogP contribution in [0.4, 0.5) is 0 Å². The molecule has 0 aliphatic heterocycles. The van der Waals surface area contributed by atoms with Gasteiger partial charge in [-0.2, -0.15) is 0 Å². The Balaban J connectivity index is 2.04. The highest BCUT2D eigenvalue weighted by Crippen LogP contribution is 2.66. The summed E-state index contributed by atoms with van der Waals surface area (Å²) in [5, 5.41) is 30.8. The molecule has 3 nitrogen and oxygen atoms in total. The third kappa shape index (κ3) is 2.51. The van der Waals surface area contributed by atoms with Crippen molar-refractivity contribution in [3.05, 3.63) is 11.6 Å². The van der Waals surface area contributed by atoms with E-state index in [9.17, 15) is 15.3 Å². The predicted molar refractivity (Wildman–Crippen MR) is 91.9 cm³/mol. The van der Waals surface area contributed by atoms with Crippen molar-refractivity contribution in [2.24, 2.45) is 28.1 Å². The van der Waals surface area contributed by atoms with Crippen molar-refractivity contribution in [1.29, 1.82) is 0 Å². The van der Waals surface area contributed by atoms with Crippen molar-refractivity contribution in [3.63, 3.8) is 0 Å². The van der Waals surface area contributed by atoms with Gasteiger partial charge in [-0.05, 0) is 66.8 Å². The first-order chi connectivity index (χ1) is 10.8. The van der Waals surface area contributed by atoms with Crippen molar-refractivity contribution < 1.29 is 15.3 Å². The number of aliphatic hydroxyl groups excluding tert-OH is 3. The Morgan fingerprint density at radius 3 is 2.48 bits per heavy atom. The molecule has 23 heavy (non-hydrogen) atoms. The van der Waals surface area contributed by atoms with Crippen LogP contribution in [0.2, 0.25) is 0 Å². The molecule has 0 aromatic rings. The zero-order valence-electron chi connectivity index (χ0n) is 15.0. The van der Waals surface area contributed by atoms with E-state index in [4.69, 9.17) is 0 Å². The van der Waals surface area contributed by atoms with Gasteiger partial charge < -0.3 is 15.3 Å². The van der Waals surface area contributed by atoms with E-state index in [1.807, 2.05) is 0 Å². The van der Waals surface area contributed by atoms with Crippen LogP contribution in [-0.2, 0) is 0 Å². The fourth-order valence-corrected chi connectivity index (χ4v) is 6.69. The van der Waals surface area contributed by atoms with Gasteiger partial charge in [0.05, 0.1) is 19.3 Å². The number of aliphatic hydroxyl groups is 3. The number of hydrogen-bond donors (Lipinski definition) is 3. The molecular weight excluding hydrogens is 288 g/mol. The van der Waals surface area contributed by atoms with Crippen LogP contribution >= 0.6 is 0 Å². The van der Waals surface area contributed by atoms with Crippen LogP contribution in [0.5, 0.6) is 0 Å². The van der Waals surface area contributed by atoms with Crippen LogP contribution in [0.25, 0.3) is 0 Å². The summed E-state index contributed by atoms with van der Waals surface area (Å²) < 4.78 is 0. The molecule has 0 saturated heterocycles. The van der Waals surface area contributed by atoms with Crippen LogP contribution < -0.4 is 0 Å². The van der Waals surface area contributed by atoms with E-state index in [-0.39, 0.29) is 18.6 Å². The number of hydrogen-bond acceptors (Lipinski definition) is 3. The molecule has 2 fully saturated rings. The molecule has 3 aliphatic rings. The minimum atomic E-state index is -0.541. The van der Waals surface area contributed by atoms with Crippen molar-refractivity contribution in [2.45, 2.75) is 71.8 Å². The van der Waals surface area contributed by atoms with E-state index in [2.05, 4.69) is 26.8 Å². The second-order valence-corrected chi connectivity index (χ2v) is 9.36. The fourth-order valence-electron chi connectivity index (χ4n) is 6.69. The van der Waals surface area contributed by atoms with Crippen LogP contribution in [0.3, 0.4) is 0 Å². The lowest BCUT2D eigenvalue weighted by molar-refractivity contribution is -0.181. The third-order valence-corrected chi connectivity index (χ3v) is 7.92.